The quantitative estimate of drug-likeness (QED) is 0.508. The summed E-state index contributed by atoms with van der Waals surface area (Å²) in [5.41, 5.74) is -0.331. The molecule has 0 saturated heterocycles. The first kappa shape index (κ1) is 15.1. The van der Waals surface area contributed by atoms with Gasteiger partial charge in [-0.25, -0.2) is 0 Å². The van der Waals surface area contributed by atoms with Gasteiger partial charge in [-0.2, -0.15) is 0 Å². The lowest BCUT2D eigenvalue weighted by Gasteiger charge is -2.08. The van der Waals surface area contributed by atoms with Crippen molar-refractivity contribution in [2.24, 2.45) is 0 Å². The number of carbonyl (C=O) groups excluding carboxylic acids is 1. The molecular formula is C13H8Cl2N2O4. The van der Waals surface area contributed by atoms with Crippen molar-refractivity contribution in [3.63, 3.8) is 0 Å². The number of rotatable bonds is 3. The third-order valence-electron chi connectivity index (χ3n) is 2.62. The molecule has 0 unspecified atom stereocenters. The molecular weight excluding hydrogens is 319 g/mol. The van der Waals surface area contributed by atoms with Crippen molar-refractivity contribution in [1.29, 1.82) is 0 Å². The van der Waals surface area contributed by atoms with Crippen LogP contribution in [-0.2, 0) is 0 Å². The number of nitro benzene ring substituents is 1. The van der Waals surface area contributed by atoms with Crippen LogP contribution in [0.15, 0.2) is 36.4 Å². The van der Waals surface area contributed by atoms with Gasteiger partial charge >= 0.3 is 0 Å². The highest BCUT2D eigenvalue weighted by molar-refractivity contribution is 6.43. The van der Waals surface area contributed by atoms with E-state index in [1.54, 1.807) is 12.1 Å². The molecule has 0 atom stereocenters. The Morgan fingerprint density at radius 2 is 1.90 bits per heavy atom. The molecule has 0 aliphatic rings. The van der Waals surface area contributed by atoms with Crippen molar-refractivity contribution in [3.8, 4) is 5.75 Å². The Bertz CT molecular complexity index is 734. The van der Waals surface area contributed by atoms with Crippen LogP contribution in [0.4, 0.5) is 11.4 Å². The van der Waals surface area contributed by atoms with E-state index >= 15 is 0 Å². The molecule has 2 aromatic rings. The van der Waals surface area contributed by atoms with Gasteiger partial charge in [-0.15, -0.1) is 0 Å². The Hall–Kier alpha value is -2.31. The van der Waals surface area contributed by atoms with E-state index in [1.165, 1.54) is 18.2 Å². The second-order valence-electron chi connectivity index (χ2n) is 4.02. The first-order valence-electron chi connectivity index (χ1n) is 5.63. The number of hydrogen-bond acceptors (Lipinski definition) is 4. The zero-order chi connectivity index (χ0) is 15.6. The normalized spacial score (nSPS) is 10.2. The van der Waals surface area contributed by atoms with Gasteiger partial charge in [0.1, 0.15) is 10.8 Å². The average Bonchev–Trinajstić information content (AvgIpc) is 2.43. The minimum Gasteiger partial charge on any atom is -0.506 e. The van der Waals surface area contributed by atoms with Gasteiger partial charge in [0.2, 0.25) is 0 Å². The second-order valence-corrected chi connectivity index (χ2v) is 4.80. The fourth-order valence-corrected chi connectivity index (χ4v) is 2.00. The zero-order valence-corrected chi connectivity index (χ0v) is 11.9. The van der Waals surface area contributed by atoms with Gasteiger partial charge in [-0.3, -0.25) is 14.9 Å². The predicted molar refractivity (Wildman–Crippen MR) is 79.2 cm³/mol. The van der Waals surface area contributed by atoms with Crippen molar-refractivity contribution in [2.75, 3.05) is 5.32 Å². The van der Waals surface area contributed by atoms with Crippen LogP contribution in [0.25, 0.3) is 0 Å². The predicted octanol–water partition coefficient (Wildman–Crippen LogP) is 3.86. The van der Waals surface area contributed by atoms with Crippen LogP contribution in [0.1, 0.15) is 10.4 Å². The van der Waals surface area contributed by atoms with Gasteiger partial charge in [0, 0.05) is 11.6 Å². The number of para-hydroxylation sites is 2. The fraction of sp³-hybridized carbons (Fsp3) is 0. The summed E-state index contributed by atoms with van der Waals surface area (Å²) < 4.78 is 0. The number of nitrogens with zero attached hydrogens (tertiary/aromatic N) is 1. The summed E-state index contributed by atoms with van der Waals surface area (Å²) in [6.07, 6.45) is 0. The van der Waals surface area contributed by atoms with Crippen LogP contribution < -0.4 is 5.32 Å². The standard InChI is InChI=1S/C13H8Cl2N2O4/c14-8-5-7(6-10(12(8)15)17(20)21)13(19)16-9-3-1-2-4-11(9)18/h1-6,18H,(H,16,19). The summed E-state index contributed by atoms with van der Waals surface area (Å²) in [7, 11) is 0. The topological polar surface area (TPSA) is 92.5 Å². The van der Waals surface area contributed by atoms with E-state index in [0.717, 1.165) is 6.07 Å². The van der Waals surface area contributed by atoms with Gasteiger partial charge in [0.25, 0.3) is 11.6 Å². The maximum absolute atomic E-state index is 12.1. The number of anilines is 1. The maximum atomic E-state index is 12.1. The summed E-state index contributed by atoms with van der Waals surface area (Å²) in [5, 5.41) is 22.5. The van der Waals surface area contributed by atoms with E-state index in [2.05, 4.69) is 5.32 Å². The van der Waals surface area contributed by atoms with E-state index in [0.29, 0.717) is 0 Å². The highest BCUT2D eigenvalue weighted by Gasteiger charge is 2.20. The third kappa shape index (κ3) is 3.24. The summed E-state index contributed by atoms with van der Waals surface area (Å²) >= 11 is 11.5. The highest BCUT2D eigenvalue weighted by atomic mass is 35.5. The Balaban J connectivity index is 2.36. The Labute approximate surface area is 129 Å². The largest absolute Gasteiger partial charge is 0.506 e. The molecule has 2 rings (SSSR count). The van der Waals surface area contributed by atoms with Gasteiger partial charge in [0.05, 0.1) is 15.6 Å². The fourth-order valence-electron chi connectivity index (χ4n) is 1.61. The van der Waals surface area contributed by atoms with E-state index in [9.17, 15) is 20.0 Å². The van der Waals surface area contributed by atoms with Crippen LogP contribution in [0.3, 0.4) is 0 Å². The van der Waals surface area contributed by atoms with Gasteiger partial charge in [0.15, 0.2) is 0 Å². The maximum Gasteiger partial charge on any atom is 0.290 e. The van der Waals surface area contributed by atoms with E-state index in [-0.39, 0.29) is 27.0 Å². The summed E-state index contributed by atoms with van der Waals surface area (Å²) in [6, 6.07) is 8.32. The SMILES string of the molecule is O=C(Nc1ccccc1O)c1cc(Cl)c(Cl)c([N+](=O)[O-])c1. The van der Waals surface area contributed by atoms with Crippen molar-refractivity contribution in [2.45, 2.75) is 0 Å². The van der Waals surface area contributed by atoms with Crippen molar-refractivity contribution in [1.82, 2.24) is 0 Å². The number of phenolic OH excluding ortho intramolecular Hbond substituents is 1. The number of benzene rings is 2. The second kappa shape index (κ2) is 5.99. The lowest BCUT2D eigenvalue weighted by molar-refractivity contribution is -0.384. The molecule has 2 N–H and O–H groups in total. The highest BCUT2D eigenvalue weighted by Crippen LogP contribution is 2.33. The van der Waals surface area contributed by atoms with Crippen LogP contribution in [0.5, 0.6) is 5.75 Å². The molecule has 6 nitrogen and oxygen atoms in total. The first-order chi connectivity index (χ1) is 9.90. The first-order valence-corrected chi connectivity index (χ1v) is 6.38. The number of aromatic hydroxyl groups is 1. The average molecular weight is 327 g/mol. The minimum absolute atomic E-state index is 0.0423. The molecule has 0 fully saturated rings. The molecule has 2 aromatic carbocycles. The van der Waals surface area contributed by atoms with Crippen LogP contribution >= 0.6 is 23.2 Å². The molecule has 0 spiro atoms. The van der Waals surface area contributed by atoms with Gasteiger partial charge < -0.3 is 10.4 Å². The Kier molecular flexibility index (Phi) is 4.30. The number of hydrogen-bond donors (Lipinski definition) is 2. The summed E-state index contributed by atoms with van der Waals surface area (Å²) in [4.78, 5) is 22.2. The molecule has 0 heterocycles. The molecule has 0 saturated carbocycles. The van der Waals surface area contributed by atoms with Crippen LogP contribution in [0, 0.1) is 10.1 Å². The Morgan fingerprint density at radius 1 is 1.24 bits per heavy atom. The van der Waals surface area contributed by atoms with E-state index < -0.39 is 16.5 Å². The molecule has 0 aliphatic carbocycles. The van der Waals surface area contributed by atoms with Crippen molar-refractivity contribution < 1.29 is 14.8 Å². The number of carbonyl (C=O) groups is 1. The molecule has 8 heteroatoms. The summed E-state index contributed by atoms with van der Waals surface area (Å²) in [5.74, 6) is -0.779. The third-order valence-corrected chi connectivity index (χ3v) is 3.41. The van der Waals surface area contributed by atoms with Crippen molar-refractivity contribution >= 4 is 40.5 Å². The lowest BCUT2D eigenvalue weighted by atomic mass is 10.1. The number of nitro groups is 1. The summed E-state index contributed by atoms with van der Waals surface area (Å²) in [6.45, 7) is 0. The molecule has 1 amide bonds. The number of amides is 1. The minimum atomic E-state index is -0.731. The number of nitrogens with one attached hydrogen (secondary N) is 1. The van der Waals surface area contributed by atoms with E-state index in [4.69, 9.17) is 23.2 Å². The molecule has 0 radical (unpaired) electrons. The van der Waals surface area contributed by atoms with Crippen LogP contribution in [0.2, 0.25) is 10.0 Å². The molecule has 0 bridgehead atoms. The monoisotopic (exact) mass is 326 g/mol. The number of phenols is 1. The molecule has 0 aromatic heterocycles. The molecule has 21 heavy (non-hydrogen) atoms. The number of halogens is 2. The van der Waals surface area contributed by atoms with Gasteiger partial charge in [-0.1, -0.05) is 35.3 Å². The Morgan fingerprint density at radius 3 is 2.52 bits per heavy atom. The smallest absolute Gasteiger partial charge is 0.290 e. The van der Waals surface area contributed by atoms with E-state index in [1.807, 2.05) is 0 Å². The van der Waals surface area contributed by atoms with Crippen LogP contribution in [-0.4, -0.2) is 15.9 Å². The van der Waals surface area contributed by atoms with Gasteiger partial charge in [-0.05, 0) is 18.2 Å². The van der Waals surface area contributed by atoms with Crippen molar-refractivity contribution in [3.05, 3.63) is 62.1 Å². The lowest BCUT2D eigenvalue weighted by Crippen LogP contribution is -2.12. The zero-order valence-electron chi connectivity index (χ0n) is 10.3. The molecule has 108 valence electrons. The molecule has 0 aliphatic heterocycles.